The number of furan rings is 1. The van der Waals surface area contributed by atoms with Crippen LogP contribution in [0.4, 0.5) is 0 Å². The van der Waals surface area contributed by atoms with Gasteiger partial charge in [-0.1, -0.05) is 129 Å². The molecule has 0 spiro atoms. The summed E-state index contributed by atoms with van der Waals surface area (Å²) in [7, 11) is 0. The van der Waals surface area contributed by atoms with Crippen LogP contribution in [0.5, 0.6) is 23.0 Å². The Bertz CT molecular complexity index is 2970. The first-order valence-electron chi connectivity index (χ1n) is 18.4. The lowest BCUT2D eigenvalue weighted by Gasteiger charge is -2.26. The molecule has 2 aromatic heterocycles. The Morgan fingerprint density at radius 1 is 0.426 bits per heavy atom. The van der Waals surface area contributed by atoms with Gasteiger partial charge in [-0.2, -0.15) is 0 Å². The zero-order valence-corrected chi connectivity index (χ0v) is 29.8. The molecule has 0 bridgehead atoms. The van der Waals surface area contributed by atoms with Gasteiger partial charge < -0.3 is 13.9 Å². The highest BCUT2D eigenvalue weighted by atomic mass is 16.6. The highest BCUT2D eigenvalue weighted by Crippen LogP contribution is 2.59. The monoisotopic (exact) mass is 695 g/mol. The van der Waals surface area contributed by atoms with Gasteiger partial charge in [-0.25, -0.2) is 4.98 Å². The third kappa shape index (κ3) is 4.66. The lowest BCUT2D eigenvalue weighted by molar-refractivity contribution is 0.361. The molecule has 1 aliphatic carbocycles. The van der Waals surface area contributed by atoms with E-state index >= 15 is 0 Å². The highest BCUT2D eigenvalue weighted by Gasteiger charge is 2.39. The molecule has 0 unspecified atom stereocenters. The molecule has 0 atom stereocenters. The quantitative estimate of drug-likeness (QED) is 0.184. The van der Waals surface area contributed by atoms with Crippen LogP contribution in [0.2, 0.25) is 0 Å². The van der Waals surface area contributed by atoms with Gasteiger partial charge in [0.2, 0.25) is 0 Å². The van der Waals surface area contributed by atoms with Gasteiger partial charge in [-0.3, -0.25) is 0 Å². The molecule has 11 rings (SSSR count). The fraction of sp³-hybridized carbons (Fsp3) is 0.0600. The summed E-state index contributed by atoms with van der Waals surface area (Å²) in [6.07, 6.45) is 0. The Balaban J connectivity index is 1.03. The van der Waals surface area contributed by atoms with E-state index in [1.165, 1.54) is 16.7 Å². The average Bonchev–Trinajstić information content (AvgIpc) is 3.71. The first kappa shape index (κ1) is 30.7. The lowest BCUT2D eigenvalue weighted by Crippen LogP contribution is -2.15. The maximum Gasteiger partial charge on any atom is 0.178 e. The third-order valence-electron chi connectivity index (χ3n) is 11.1. The number of fused-ring (bicyclic) bond motifs is 9. The van der Waals surface area contributed by atoms with Crippen molar-refractivity contribution in [1.29, 1.82) is 0 Å². The number of hydrogen-bond donors (Lipinski definition) is 0. The van der Waals surface area contributed by atoms with Gasteiger partial charge in [0.25, 0.3) is 0 Å². The molecule has 1 aliphatic heterocycles. The molecular weight excluding hydrogens is 663 g/mol. The minimum Gasteiger partial charge on any atom is -0.456 e. The van der Waals surface area contributed by atoms with Crippen LogP contribution in [-0.2, 0) is 5.41 Å². The molecule has 7 aromatic carbocycles. The average molecular weight is 696 g/mol. The molecule has 0 fully saturated rings. The summed E-state index contributed by atoms with van der Waals surface area (Å²) in [4.78, 5) is 5.29. The molecule has 0 radical (unpaired) electrons. The molecule has 4 nitrogen and oxygen atoms in total. The van der Waals surface area contributed by atoms with Crippen LogP contribution in [0, 0.1) is 0 Å². The predicted molar refractivity (Wildman–Crippen MR) is 217 cm³/mol. The summed E-state index contributed by atoms with van der Waals surface area (Å²) >= 11 is 0. The Hall–Kier alpha value is -6.91. The Morgan fingerprint density at radius 2 is 1.11 bits per heavy atom. The second kappa shape index (κ2) is 11.5. The Morgan fingerprint density at radius 3 is 2.00 bits per heavy atom. The molecular formula is C50H33NO3. The number of benzene rings is 7. The number of rotatable bonds is 4. The maximum absolute atomic E-state index is 6.96. The van der Waals surface area contributed by atoms with E-state index in [0.29, 0.717) is 11.5 Å². The fourth-order valence-corrected chi connectivity index (χ4v) is 8.43. The van der Waals surface area contributed by atoms with Crippen LogP contribution < -0.4 is 9.47 Å². The van der Waals surface area contributed by atoms with Crippen molar-refractivity contribution in [2.24, 2.45) is 0 Å². The lowest BCUT2D eigenvalue weighted by atomic mass is 9.82. The SMILES string of the molecule is CC1(C)c2ccccc2-c2c1ccc1c2Oc2c(cccc2-c2cccc(-c3cc(-c4ccccc4)cc(-c4ccc5c(c4)oc4ccccc45)n3)c2)O1. The first-order valence-corrected chi connectivity index (χ1v) is 18.4. The summed E-state index contributed by atoms with van der Waals surface area (Å²) in [5.41, 5.74) is 14.4. The van der Waals surface area contributed by atoms with E-state index in [4.69, 9.17) is 18.9 Å². The van der Waals surface area contributed by atoms with E-state index in [2.05, 4.69) is 135 Å². The molecule has 3 heterocycles. The Kier molecular flexibility index (Phi) is 6.56. The number of ether oxygens (including phenoxy) is 2. The number of pyridine rings is 1. The van der Waals surface area contributed by atoms with Crippen LogP contribution in [0.1, 0.15) is 25.0 Å². The van der Waals surface area contributed by atoms with Crippen LogP contribution in [-0.4, -0.2) is 4.98 Å². The van der Waals surface area contributed by atoms with Crippen molar-refractivity contribution in [2.75, 3.05) is 0 Å². The van der Waals surface area contributed by atoms with Crippen LogP contribution >= 0.6 is 0 Å². The van der Waals surface area contributed by atoms with Crippen molar-refractivity contribution in [3.63, 3.8) is 0 Å². The van der Waals surface area contributed by atoms with Gasteiger partial charge in [0, 0.05) is 38.4 Å². The smallest absolute Gasteiger partial charge is 0.178 e. The van der Waals surface area contributed by atoms with Crippen molar-refractivity contribution in [1.82, 2.24) is 4.98 Å². The van der Waals surface area contributed by atoms with E-state index in [9.17, 15) is 0 Å². The van der Waals surface area contributed by atoms with E-state index in [1.807, 2.05) is 42.5 Å². The fourth-order valence-electron chi connectivity index (χ4n) is 8.43. The summed E-state index contributed by atoms with van der Waals surface area (Å²) in [5, 5.41) is 2.21. The summed E-state index contributed by atoms with van der Waals surface area (Å²) in [6, 6.07) is 56.9. The van der Waals surface area contributed by atoms with Gasteiger partial charge >= 0.3 is 0 Å². The highest BCUT2D eigenvalue weighted by molar-refractivity contribution is 6.06. The normalized spacial score (nSPS) is 13.4. The zero-order valence-electron chi connectivity index (χ0n) is 29.8. The van der Waals surface area contributed by atoms with Gasteiger partial charge in [0.1, 0.15) is 11.2 Å². The van der Waals surface area contributed by atoms with E-state index in [1.54, 1.807) is 0 Å². The van der Waals surface area contributed by atoms with Gasteiger partial charge in [0.15, 0.2) is 23.0 Å². The van der Waals surface area contributed by atoms with Crippen LogP contribution in [0.3, 0.4) is 0 Å². The molecule has 0 saturated heterocycles. The van der Waals surface area contributed by atoms with Crippen LogP contribution in [0.25, 0.3) is 77.8 Å². The molecule has 256 valence electrons. The van der Waals surface area contributed by atoms with Crippen molar-refractivity contribution in [3.05, 3.63) is 175 Å². The van der Waals surface area contributed by atoms with E-state index in [0.717, 1.165) is 83.8 Å². The summed E-state index contributed by atoms with van der Waals surface area (Å²) in [5.74, 6) is 2.91. The zero-order chi connectivity index (χ0) is 36.0. The molecule has 2 aliphatic rings. The minimum absolute atomic E-state index is 0.142. The van der Waals surface area contributed by atoms with Gasteiger partial charge in [0.05, 0.1) is 11.4 Å². The molecule has 0 saturated carbocycles. The minimum atomic E-state index is -0.142. The number of aromatic nitrogens is 1. The topological polar surface area (TPSA) is 44.5 Å². The largest absolute Gasteiger partial charge is 0.456 e. The van der Waals surface area contributed by atoms with Crippen molar-refractivity contribution >= 4 is 21.9 Å². The standard InChI is InChI=1S/C50H33NO3/c1-50(2)39-19-8-6-17-38(39)47-40(50)24-25-45-49(47)54-48-35(18-11-21-44(48)53-45)31-14-10-15-32(26-31)41-27-34(30-12-4-3-5-13-30)28-42(51-41)33-22-23-37-36-16-7-9-20-43(36)52-46(37)29-33/h3-29H,1-2H3. The second-order valence-corrected chi connectivity index (χ2v) is 14.7. The summed E-state index contributed by atoms with van der Waals surface area (Å²) in [6.45, 7) is 4.56. The number of hydrogen-bond acceptors (Lipinski definition) is 4. The first-order chi connectivity index (χ1) is 26.5. The summed E-state index contributed by atoms with van der Waals surface area (Å²) < 4.78 is 19.8. The number of nitrogens with zero attached hydrogens (tertiary/aromatic N) is 1. The van der Waals surface area contributed by atoms with Crippen molar-refractivity contribution in [2.45, 2.75) is 19.3 Å². The maximum atomic E-state index is 6.96. The Labute approximate surface area is 312 Å². The van der Waals surface area contributed by atoms with Gasteiger partial charge in [-0.15, -0.1) is 0 Å². The van der Waals surface area contributed by atoms with E-state index in [-0.39, 0.29) is 5.41 Å². The molecule has 9 aromatic rings. The molecule has 4 heteroatoms. The third-order valence-corrected chi connectivity index (χ3v) is 11.1. The van der Waals surface area contributed by atoms with Gasteiger partial charge in [-0.05, 0) is 81.9 Å². The predicted octanol–water partition coefficient (Wildman–Crippen LogP) is 13.9. The van der Waals surface area contributed by atoms with Crippen molar-refractivity contribution < 1.29 is 13.9 Å². The molecule has 0 amide bonds. The van der Waals surface area contributed by atoms with Crippen LogP contribution in [0.15, 0.2) is 168 Å². The van der Waals surface area contributed by atoms with Crippen molar-refractivity contribution in [3.8, 4) is 78.9 Å². The van der Waals surface area contributed by atoms with E-state index < -0.39 is 0 Å². The molecule has 54 heavy (non-hydrogen) atoms. The number of para-hydroxylation sites is 2. The molecule has 0 N–H and O–H groups in total. The second-order valence-electron chi connectivity index (χ2n) is 14.7.